The smallest absolute Gasteiger partial charge is 0.348 e. The summed E-state index contributed by atoms with van der Waals surface area (Å²) < 4.78 is 17.7. The molecule has 0 aliphatic heterocycles. The molecule has 0 aliphatic carbocycles. The van der Waals surface area contributed by atoms with Crippen LogP contribution in [0.25, 0.3) is 39.5 Å². The van der Waals surface area contributed by atoms with Gasteiger partial charge in [0.2, 0.25) is 0 Å². The first kappa shape index (κ1) is 27.5. The van der Waals surface area contributed by atoms with Gasteiger partial charge < -0.3 is 13.9 Å². The highest BCUT2D eigenvalue weighted by atomic mass is 16.5. The van der Waals surface area contributed by atoms with Gasteiger partial charge in [-0.2, -0.15) is 0 Å². The number of carbonyl (C=O) groups excluding carboxylic acids is 2. The second kappa shape index (κ2) is 12.5. The Hall–Kier alpha value is -5.68. The number of esters is 1. The quantitative estimate of drug-likeness (QED) is 0.0758. The highest BCUT2D eigenvalue weighted by Gasteiger charge is 2.24. The van der Waals surface area contributed by atoms with Gasteiger partial charge in [0.1, 0.15) is 28.4 Å². The lowest BCUT2D eigenvalue weighted by Crippen LogP contribution is -2.09. The van der Waals surface area contributed by atoms with Crippen LogP contribution in [0.1, 0.15) is 33.2 Å². The molecule has 0 N–H and O–H groups in total. The average Bonchev–Trinajstić information content (AvgIpc) is 3.44. The topological polar surface area (TPSA) is 65.7 Å². The summed E-state index contributed by atoms with van der Waals surface area (Å²) in [6.45, 7) is 2.40. The van der Waals surface area contributed by atoms with E-state index in [0.717, 1.165) is 22.3 Å². The molecule has 1 heterocycles. The minimum absolute atomic E-state index is 0.121. The van der Waals surface area contributed by atoms with Crippen molar-refractivity contribution in [3.63, 3.8) is 0 Å². The van der Waals surface area contributed by atoms with Gasteiger partial charge in [0.05, 0.1) is 6.61 Å². The van der Waals surface area contributed by atoms with E-state index in [9.17, 15) is 9.59 Å². The zero-order chi connectivity index (χ0) is 29.6. The third-order valence-corrected chi connectivity index (χ3v) is 6.98. The monoisotopic (exact) mass is 564 g/mol. The molecule has 6 rings (SSSR count). The van der Waals surface area contributed by atoms with Crippen molar-refractivity contribution >= 4 is 28.8 Å². The normalized spacial score (nSPS) is 11.1. The summed E-state index contributed by atoms with van der Waals surface area (Å²) in [5, 5.41) is 0.606. The van der Waals surface area contributed by atoms with E-state index in [1.807, 2.05) is 104 Å². The van der Waals surface area contributed by atoms with Gasteiger partial charge >= 0.3 is 5.97 Å². The molecule has 43 heavy (non-hydrogen) atoms. The Labute approximate surface area is 249 Å². The van der Waals surface area contributed by atoms with Crippen LogP contribution >= 0.6 is 0 Å². The van der Waals surface area contributed by atoms with Crippen molar-refractivity contribution in [3.05, 3.63) is 150 Å². The van der Waals surface area contributed by atoms with Crippen molar-refractivity contribution in [1.29, 1.82) is 0 Å². The number of carbonyl (C=O) groups is 2. The Balaban J connectivity index is 1.23. The molecule has 1 aromatic heterocycles. The second-order valence-electron chi connectivity index (χ2n) is 9.87. The van der Waals surface area contributed by atoms with Crippen molar-refractivity contribution < 1.29 is 23.5 Å². The second-order valence-corrected chi connectivity index (χ2v) is 9.87. The lowest BCUT2D eigenvalue weighted by molar-refractivity contribution is 0.0736. The van der Waals surface area contributed by atoms with Crippen LogP contribution in [0.4, 0.5) is 0 Å². The SMILES string of the molecule is CCOc1ccc2oc(-c3ccccc3)c(C(=O)Oc3cccc(C=CC(=O)c4ccc(-c5ccccc5)cc4)c3)c2c1. The molecule has 0 bridgehead atoms. The van der Waals surface area contributed by atoms with Gasteiger partial charge in [0, 0.05) is 16.5 Å². The Morgan fingerprint density at radius 3 is 2.12 bits per heavy atom. The fourth-order valence-corrected chi connectivity index (χ4v) is 4.89. The van der Waals surface area contributed by atoms with Crippen LogP contribution in [-0.4, -0.2) is 18.4 Å². The molecule has 5 aromatic carbocycles. The molecule has 0 amide bonds. The first-order valence-corrected chi connectivity index (χ1v) is 14.0. The lowest BCUT2D eigenvalue weighted by Gasteiger charge is -2.07. The number of fused-ring (bicyclic) bond motifs is 1. The average molecular weight is 565 g/mol. The molecule has 0 unspecified atom stereocenters. The summed E-state index contributed by atoms with van der Waals surface area (Å²) in [6, 6.07) is 39.4. The largest absolute Gasteiger partial charge is 0.494 e. The van der Waals surface area contributed by atoms with Gasteiger partial charge in [0.25, 0.3) is 0 Å². The van der Waals surface area contributed by atoms with E-state index in [2.05, 4.69) is 0 Å². The number of hydrogen-bond acceptors (Lipinski definition) is 5. The summed E-state index contributed by atoms with van der Waals surface area (Å²) in [5.74, 6) is 0.734. The molecule has 210 valence electrons. The van der Waals surface area contributed by atoms with E-state index in [1.165, 1.54) is 6.08 Å². The van der Waals surface area contributed by atoms with Crippen LogP contribution in [0.2, 0.25) is 0 Å². The molecule has 0 spiro atoms. The number of hydrogen-bond donors (Lipinski definition) is 0. The van der Waals surface area contributed by atoms with Crippen molar-refractivity contribution in [1.82, 2.24) is 0 Å². The van der Waals surface area contributed by atoms with Crippen molar-refractivity contribution in [2.75, 3.05) is 6.61 Å². The van der Waals surface area contributed by atoms with E-state index in [1.54, 1.807) is 36.4 Å². The molecule has 0 saturated carbocycles. The van der Waals surface area contributed by atoms with Crippen molar-refractivity contribution in [2.45, 2.75) is 6.92 Å². The number of furan rings is 1. The maximum atomic E-state index is 13.6. The van der Waals surface area contributed by atoms with Crippen LogP contribution < -0.4 is 9.47 Å². The number of ether oxygens (including phenoxy) is 2. The third-order valence-electron chi connectivity index (χ3n) is 6.98. The zero-order valence-corrected chi connectivity index (χ0v) is 23.5. The molecule has 6 aromatic rings. The molecule has 0 aliphatic rings. The molecule has 0 atom stereocenters. The van der Waals surface area contributed by atoms with E-state index in [4.69, 9.17) is 13.9 Å². The fourth-order valence-electron chi connectivity index (χ4n) is 4.89. The molecular formula is C38H28O5. The summed E-state index contributed by atoms with van der Waals surface area (Å²) in [4.78, 5) is 26.5. The molecule has 5 nitrogen and oxygen atoms in total. The van der Waals surface area contributed by atoms with Crippen LogP contribution in [0.5, 0.6) is 11.5 Å². The number of rotatable bonds is 9. The van der Waals surface area contributed by atoms with Gasteiger partial charge in [-0.05, 0) is 60.0 Å². The van der Waals surface area contributed by atoms with Gasteiger partial charge in [-0.1, -0.05) is 103 Å². The van der Waals surface area contributed by atoms with E-state index >= 15 is 0 Å². The standard InChI is InChI=1S/C38H28O5/c1-2-41-31-21-23-35-33(25-31)36(37(43-35)30-13-7-4-8-14-30)38(40)42-32-15-9-10-26(24-32)16-22-34(39)29-19-17-28(18-20-29)27-11-5-3-6-12-27/h3-25H,2H2,1H3. The molecule has 0 saturated heterocycles. The third kappa shape index (κ3) is 6.16. The fraction of sp³-hybridized carbons (Fsp3) is 0.0526. The van der Waals surface area contributed by atoms with E-state index in [0.29, 0.717) is 46.0 Å². The van der Waals surface area contributed by atoms with Gasteiger partial charge in [-0.15, -0.1) is 0 Å². The molecule has 0 radical (unpaired) electrons. The number of benzene rings is 5. The van der Waals surface area contributed by atoms with Crippen LogP contribution in [-0.2, 0) is 0 Å². The Kier molecular flexibility index (Phi) is 7.96. The summed E-state index contributed by atoms with van der Waals surface area (Å²) in [7, 11) is 0. The maximum Gasteiger partial charge on any atom is 0.348 e. The summed E-state index contributed by atoms with van der Waals surface area (Å²) in [5.41, 5.74) is 5.08. The lowest BCUT2D eigenvalue weighted by atomic mass is 10.0. The maximum absolute atomic E-state index is 13.6. The number of allylic oxidation sites excluding steroid dienone is 1. The molecule has 0 fully saturated rings. The van der Waals surface area contributed by atoms with Crippen LogP contribution in [0, 0.1) is 0 Å². The minimum atomic E-state index is -0.554. The van der Waals surface area contributed by atoms with E-state index in [-0.39, 0.29) is 5.78 Å². The summed E-state index contributed by atoms with van der Waals surface area (Å²) in [6.07, 6.45) is 3.23. The Bertz CT molecular complexity index is 1920. The predicted octanol–water partition coefficient (Wildman–Crippen LogP) is 9.28. The van der Waals surface area contributed by atoms with Crippen molar-refractivity contribution in [2.24, 2.45) is 0 Å². The zero-order valence-electron chi connectivity index (χ0n) is 23.5. The van der Waals surface area contributed by atoms with E-state index < -0.39 is 5.97 Å². The van der Waals surface area contributed by atoms with Gasteiger partial charge in [-0.25, -0.2) is 4.79 Å². The highest BCUT2D eigenvalue weighted by molar-refractivity contribution is 6.10. The van der Waals surface area contributed by atoms with Crippen LogP contribution in [0.3, 0.4) is 0 Å². The first-order valence-electron chi connectivity index (χ1n) is 14.0. The van der Waals surface area contributed by atoms with Gasteiger partial charge in [0.15, 0.2) is 5.78 Å². The molecule has 5 heteroatoms. The van der Waals surface area contributed by atoms with Crippen molar-refractivity contribution in [3.8, 4) is 33.9 Å². The molecular weight excluding hydrogens is 536 g/mol. The number of ketones is 1. The highest BCUT2D eigenvalue weighted by Crippen LogP contribution is 2.36. The first-order chi connectivity index (χ1) is 21.1. The van der Waals surface area contributed by atoms with Crippen LogP contribution in [0.15, 0.2) is 138 Å². The Morgan fingerprint density at radius 2 is 1.40 bits per heavy atom. The predicted molar refractivity (Wildman–Crippen MR) is 169 cm³/mol. The van der Waals surface area contributed by atoms with Gasteiger partial charge in [-0.3, -0.25) is 4.79 Å². The Morgan fingerprint density at radius 1 is 0.698 bits per heavy atom. The minimum Gasteiger partial charge on any atom is -0.494 e. The summed E-state index contributed by atoms with van der Waals surface area (Å²) >= 11 is 0.